The van der Waals surface area contributed by atoms with Crippen molar-refractivity contribution in [3.8, 4) is 0 Å². The maximum Gasteiger partial charge on any atom is 0.230 e. The standard InChI is InChI=1S/C13H26N2OS/c1-4-11-17-12-13(16)14-9-7-8-10-15(5-2)6-3/h4H,1,5-12H2,2-3H3,(H,14,16). The monoisotopic (exact) mass is 258 g/mol. The molecule has 4 heteroatoms. The van der Waals surface area contributed by atoms with E-state index in [1.54, 1.807) is 11.8 Å². The lowest BCUT2D eigenvalue weighted by atomic mass is 10.3. The molecule has 0 unspecified atom stereocenters. The van der Waals surface area contributed by atoms with Crippen LogP contribution in [0.3, 0.4) is 0 Å². The molecule has 0 saturated heterocycles. The number of carbonyl (C=O) groups excluding carboxylic acids is 1. The highest BCUT2D eigenvalue weighted by Crippen LogP contribution is 1.98. The Morgan fingerprint density at radius 1 is 1.35 bits per heavy atom. The van der Waals surface area contributed by atoms with E-state index in [0.717, 1.165) is 44.8 Å². The quantitative estimate of drug-likeness (QED) is 0.455. The van der Waals surface area contributed by atoms with Crippen molar-refractivity contribution >= 4 is 17.7 Å². The van der Waals surface area contributed by atoms with Crippen LogP contribution in [-0.2, 0) is 4.79 Å². The van der Waals surface area contributed by atoms with E-state index >= 15 is 0 Å². The normalized spacial score (nSPS) is 10.5. The summed E-state index contributed by atoms with van der Waals surface area (Å²) in [4.78, 5) is 13.8. The second-order valence-electron chi connectivity index (χ2n) is 3.89. The maximum atomic E-state index is 11.4. The van der Waals surface area contributed by atoms with Crippen LogP contribution in [0.1, 0.15) is 26.7 Å². The molecule has 0 aromatic heterocycles. The van der Waals surface area contributed by atoms with Crippen LogP contribution in [0.2, 0.25) is 0 Å². The first-order chi connectivity index (χ1) is 8.24. The van der Waals surface area contributed by atoms with Crippen molar-refractivity contribution in [3.63, 3.8) is 0 Å². The van der Waals surface area contributed by atoms with Gasteiger partial charge in [0.15, 0.2) is 0 Å². The van der Waals surface area contributed by atoms with Gasteiger partial charge < -0.3 is 10.2 Å². The molecule has 0 saturated carbocycles. The molecule has 0 aliphatic heterocycles. The van der Waals surface area contributed by atoms with Gasteiger partial charge in [0.05, 0.1) is 5.75 Å². The van der Waals surface area contributed by atoms with Gasteiger partial charge in [-0.15, -0.1) is 18.3 Å². The molecule has 0 aliphatic rings. The zero-order valence-corrected chi connectivity index (χ0v) is 12.0. The van der Waals surface area contributed by atoms with Crippen LogP contribution >= 0.6 is 11.8 Å². The summed E-state index contributed by atoms with van der Waals surface area (Å²) in [5.41, 5.74) is 0. The first-order valence-electron chi connectivity index (χ1n) is 6.42. The summed E-state index contributed by atoms with van der Waals surface area (Å²) in [6.07, 6.45) is 4.04. The van der Waals surface area contributed by atoms with Crippen molar-refractivity contribution in [1.29, 1.82) is 0 Å². The van der Waals surface area contributed by atoms with Crippen LogP contribution in [0.25, 0.3) is 0 Å². The number of hydrogen-bond acceptors (Lipinski definition) is 3. The molecule has 17 heavy (non-hydrogen) atoms. The highest BCUT2D eigenvalue weighted by molar-refractivity contribution is 8.00. The lowest BCUT2D eigenvalue weighted by molar-refractivity contribution is -0.118. The summed E-state index contributed by atoms with van der Waals surface area (Å²) in [6, 6.07) is 0. The fourth-order valence-electron chi connectivity index (χ4n) is 1.51. The van der Waals surface area contributed by atoms with Crippen molar-refractivity contribution in [2.75, 3.05) is 37.7 Å². The van der Waals surface area contributed by atoms with Gasteiger partial charge in [-0.25, -0.2) is 0 Å². The van der Waals surface area contributed by atoms with Gasteiger partial charge in [0.1, 0.15) is 0 Å². The van der Waals surface area contributed by atoms with Gasteiger partial charge in [-0.2, -0.15) is 0 Å². The number of thioether (sulfide) groups is 1. The number of unbranched alkanes of at least 4 members (excludes halogenated alkanes) is 1. The molecule has 0 aliphatic carbocycles. The fraction of sp³-hybridized carbons (Fsp3) is 0.769. The van der Waals surface area contributed by atoms with Gasteiger partial charge in [0.25, 0.3) is 0 Å². The van der Waals surface area contributed by atoms with E-state index < -0.39 is 0 Å². The molecule has 1 amide bonds. The summed E-state index contributed by atoms with van der Waals surface area (Å²) < 4.78 is 0. The summed E-state index contributed by atoms with van der Waals surface area (Å²) in [5.74, 6) is 1.52. The van der Waals surface area contributed by atoms with E-state index in [-0.39, 0.29) is 5.91 Å². The summed E-state index contributed by atoms with van der Waals surface area (Å²) in [5, 5.41) is 2.94. The largest absolute Gasteiger partial charge is 0.355 e. The Kier molecular flexibility index (Phi) is 11.7. The van der Waals surface area contributed by atoms with Gasteiger partial charge in [-0.05, 0) is 32.5 Å². The summed E-state index contributed by atoms with van der Waals surface area (Å²) >= 11 is 1.60. The van der Waals surface area contributed by atoms with Crippen LogP contribution < -0.4 is 5.32 Å². The minimum atomic E-state index is 0.139. The van der Waals surface area contributed by atoms with Gasteiger partial charge in [-0.1, -0.05) is 19.9 Å². The van der Waals surface area contributed by atoms with E-state index in [1.165, 1.54) is 0 Å². The number of nitrogens with zero attached hydrogens (tertiary/aromatic N) is 1. The lowest BCUT2D eigenvalue weighted by Gasteiger charge is -2.17. The van der Waals surface area contributed by atoms with Crippen molar-refractivity contribution in [1.82, 2.24) is 10.2 Å². The Morgan fingerprint density at radius 2 is 2.06 bits per heavy atom. The van der Waals surface area contributed by atoms with Crippen LogP contribution in [-0.4, -0.2) is 48.5 Å². The second-order valence-corrected chi connectivity index (χ2v) is 4.92. The number of hydrogen-bond donors (Lipinski definition) is 1. The van der Waals surface area contributed by atoms with Gasteiger partial charge in [0.2, 0.25) is 5.91 Å². The molecule has 0 fully saturated rings. The smallest absolute Gasteiger partial charge is 0.230 e. The van der Waals surface area contributed by atoms with Gasteiger partial charge in [-0.3, -0.25) is 4.79 Å². The van der Waals surface area contributed by atoms with Crippen molar-refractivity contribution in [2.45, 2.75) is 26.7 Å². The fourth-order valence-corrected chi connectivity index (χ4v) is 2.09. The summed E-state index contributed by atoms with van der Waals surface area (Å²) in [7, 11) is 0. The molecular formula is C13H26N2OS. The summed E-state index contributed by atoms with van der Waals surface area (Å²) in [6.45, 7) is 12.1. The van der Waals surface area contributed by atoms with E-state index in [9.17, 15) is 4.79 Å². The third-order valence-corrected chi connectivity index (χ3v) is 3.52. The number of carbonyl (C=O) groups is 1. The molecule has 0 aromatic carbocycles. The Morgan fingerprint density at radius 3 is 2.65 bits per heavy atom. The third-order valence-electron chi connectivity index (χ3n) is 2.59. The zero-order valence-electron chi connectivity index (χ0n) is 11.2. The first kappa shape index (κ1) is 16.5. The maximum absolute atomic E-state index is 11.4. The Bertz CT molecular complexity index is 206. The highest BCUT2D eigenvalue weighted by atomic mass is 32.2. The Hall–Kier alpha value is -0.480. The first-order valence-corrected chi connectivity index (χ1v) is 7.57. The van der Waals surface area contributed by atoms with Gasteiger partial charge >= 0.3 is 0 Å². The van der Waals surface area contributed by atoms with Crippen molar-refractivity contribution < 1.29 is 4.79 Å². The molecule has 0 bridgehead atoms. The molecule has 3 nitrogen and oxygen atoms in total. The van der Waals surface area contributed by atoms with E-state index in [2.05, 4.69) is 30.6 Å². The topological polar surface area (TPSA) is 32.3 Å². The average Bonchev–Trinajstić information content (AvgIpc) is 2.34. The molecule has 1 N–H and O–H groups in total. The van der Waals surface area contributed by atoms with Crippen LogP contribution in [0, 0.1) is 0 Å². The van der Waals surface area contributed by atoms with E-state index in [1.807, 2.05) is 6.08 Å². The second kappa shape index (κ2) is 12.0. The zero-order chi connectivity index (χ0) is 12.9. The predicted molar refractivity (Wildman–Crippen MR) is 77.6 cm³/mol. The molecule has 0 heterocycles. The number of nitrogens with one attached hydrogen (secondary N) is 1. The number of rotatable bonds is 11. The number of amides is 1. The SMILES string of the molecule is C=CCSCC(=O)NCCCCN(CC)CC. The van der Waals surface area contributed by atoms with Crippen LogP contribution in [0.4, 0.5) is 0 Å². The molecule has 0 aromatic rings. The van der Waals surface area contributed by atoms with Crippen molar-refractivity contribution in [2.24, 2.45) is 0 Å². The Labute approximate surface area is 110 Å². The molecule has 0 radical (unpaired) electrons. The van der Waals surface area contributed by atoms with E-state index in [0.29, 0.717) is 5.75 Å². The van der Waals surface area contributed by atoms with Gasteiger partial charge in [0, 0.05) is 12.3 Å². The minimum Gasteiger partial charge on any atom is -0.355 e. The molecule has 0 atom stereocenters. The molecule has 0 spiro atoms. The van der Waals surface area contributed by atoms with Crippen LogP contribution in [0.15, 0.2) is 12.7 Å². The third kappa shape index (κ3) is 10.4. The average molecular weight is 258 g/mol. The van der Waals surface area contributed by atoms with E-state index in [4.69, 9.17) is 0 Å². The lowest BCUT2D eigenvalue weighted by Crippen LogP contribution is -2.28. The minimum absolute atomic E-state index is 0.139. The predicted octanol–water partition coefficient (Wildman–Crippen LogP) is 2.14. The highest BCUT2D eigenvalue weighted by Gasteiger charge is 2.01. The van der Waals surface area contributed by atoms with Crippen molar-refractivity contribution in [3.05, 3.63) is 12.7 Å². The molecule has 100 valence electrons. The Balaban J connectivity index is 3.32. The molecular weight excluding hydrogens is 232 g/mol. The molecule has 0 rings (SSSR count). The van der Waals surface area contributed by atoms with Crippen LogP contribution in [0.5, 0.6) is 0 Å².